The minimum absolute atomic E-state index is 0.0264. The molecule has 29 heavy (non-hydrogen) atoms. The highest BCUT2D eigenvalue weighted by atomic mass is 35.5. The first-order valence-electron chi connectivity index (χ1n) is 10.4. The molecular formula is C23H28ClN3O2. The summed E-state index contributed by atoms with van der Waals surface area (Å²) in [6.07, 6.45) is 5.24. The number of hydrogen-bond acceptors (Lipinski definition) is 3. The Bertz CT molecular complexity index is 896. The maximum absolute atomic E-state index is 12.2. The maximum atomic E-state index is 12.2. The highest BCUT2D eigenvalue weighted by Gasteiger charge is 2.38. The van der Waals surface area contributed by atoms with Crippen LogP contribution in [0.2, 0.25) is 5.15 Å². The van der Waals surface area contributed by atoms with Crippen LogP contribution in [0.1, 0.15) is 68.2 Å². The summed E-state index contributed by atoms with van der Waals surface area (Å²) in [6.45, 7) is 4.47. The van der Waals surface area contributed by atoms with Crippen molar-refractivity contribution in [2.45, 2.75) is 70.9 Å². The van der Waals surface area contributed by atoms with Crippen LogP contribution in [0.15, 0.2) is 30.3 Å². The molecule has 1 aromatic carbocycles. The number of rotatable bonds is 5. The number of aromatic nitrogens is 2. The van der Waals surface area contributed by atoms with Crippen LogP contribution in [-0.2, 0) is 19.3 Å². The predicted octanol–water partition coefficient (Wildman–Crippen LogP) is 5.46. The highest BCUT2D eigenvalue weighted by Crippen LogP contribution is 2.39. The number of aryl methyl sites for hydroxylation is 1. The van der Waals surface area contributed by atoms with E-state index in [1.54, 1.807) is 4.90 Å². The third-order valence-corrected chi connectivity index (χ3v) is 6.66. The first-order chi connectivity index (χ1) is 13.8. The first kappa shape index (κ1) is 20.1. The number of carboxylic acid groups (broad SMARTS) is 1. The molecule has 2 aromatic rings. The lowest BCUT2D eigenvalue weighted by molar-refractivity contribution is 0.0656. The van der Waals surface area contributed by atoms with E-state index in [4.69, 9.17) is 16.6 Å². The molecule has 6 heteroatoms. The van der Waals surface area contributed by atoms with E-state index in [1.807, 2.05) is 30.3 Å². The third kappa shape index (κ3) is 4.25. The molecule has 2 aliphatic rings. The van der Waals surface area contributed by atoms with Crippen LogP contribution >= 0.6 is 11.6 Å². The minimum atomic E-state index is -0.908. The smallest absolute Gasteiger partial charge is 0.408 e. The maximum Gasteiger partial charge on any atom is 0.408 e. The van der Waals surface area contributed by atoms with Gasteiger partial charge in [0.25, 0.3) is 0 Å². The van der Waals surface area contributed by atoms with E-state index in [0.717, 1.165) is 55.3 Å². The van der Waals surface area contributed by atoms with Gasteiger partial charge in [0.15, 0.2) is 5.82 Å². The summed E-state index contributed by atoms with van der Waals surface area (Å²) in [5, 5.41) is 10.5. The molecule has 1 heterocycles. The first-order valence-corrected chi connectivity index (χ1v) is 10.8. The molecule has 4 rings (SSSR count). The monoisotopic (exact) mass is 413 g/mol. The van der Waals surface area contributed by atoms with Gasteiger partial charge >= 0.3 is 6.09 Å². The minimum Gasteiger partial charge on any atom is -0.465 e. The second kappa shape index (κ2) is 7.94. The van der Waals surface area contributed by atoms with Gasteiger partial charge in [0.05, 0.1) is 6.04 Å². The molecule has 0 spiro atoms. The van der Waals surface area contributed by atoms with E-state index < -0.39 is 12.1 Å². The number of amides is 1. The van der Waals surface area contributed by atoms with Crippen LogP contribution in [-0.4, -0.2) is 32.1 Å². The average Bonchev–Trinajstić information content (AvgIpc) is 2.63. The zero-order valence-electron chi connectivity index (χ0n) is 17.1. The quantitative estimate of drug-likeness (QED) is 0.661. The molecule has 5 nitrogen and oxygen atoms in total. The number of benzene rings is 1. The lowest BCUT2D eigenvalue weighted by Gasteiger charge is -2.40. The van der Waals surface area contributed by atoms with Crippen molar-refractivity contribution in [3.63, 3.8) is 0 Å². The summed E-state index contributed by atoms with van der Waals surface area (Å²) in [5.41, 5.74) is 3.26. The lowest BCUT2D eigenvalue weighted by Crippen LogP contribution is -2.47. The van der Waals surface area contributed by atoms with Crippen molar-refractivity contribution < 1.29 is 9.90 Å². The van der Waals surface area contributed by atoms with Crippen LogP contribution in [0, 0.1) is 5.41 Å². The van der Waals surface area contributed by atoms with Crippen molar-refractivity contribution in [3.8, 4) is 0 Å². The zero-order valence-corrected chi connectivity index (χ0v) is 17.8. The standard InChI is InChI=1S/C23H28ClN3O2/c1-23(2)12-11-18-17(14-23)20(24)26-21(25-18)19(13-15-7-4-3-5-8-15)27(22(28)29)16-9-6-10-16/h3-5,7-8,16,19H,6,9-14H2,1-2H3,(H,28,29). The molecule has 1 unspecified atom stereocenters. The number of carbonyl (C=O) groups is 1. The summed E-state index contributed by atoms with van der Waals surface area (Å²) in [7, 11) is 0. The van der Waals surface area contributed by atoms with Gasteiger partial charge in [0, 0.05) is 23.7 Å². The summed E-state index contributed by atoms with van der Waals surface area (Å²) < 4.78 is 0. The second-order valence-corrected chi connectivity index (χ2v) is 9.48. The average molecular weight is 414 g/mol. The summed E-state index contributed by atoms with van der Waals surface area (Å²) in [4.78, 5) is 23.3. The van der Waals surface area contributed by atoms with Gasteiger partial charge in [-0.25, -0.2) is 14.8 Å². The molecule has 0 aliphatic heterocycles. The highest BCUT2D eigenvalue weighted by molar-refractivity contribution is 6.30. The van der Waals surface area contributed by atoms with Gasteiger partial charge in [0.2, 0.25) is 0 Å². The predicted molar refractivity (Wildman–Crippen MR) is 113 cm³/mol. The number of nitrogens with zero attached hydrogens (tertiary/aromatic N) is 3. The summed E-state index contributed by atoms with van der Waals surface area (Å²) >= 11 is 6.62. The Hall–Kier alpha value is -2.14. The number of halogens is 1. The van der Waals surface area contributed by atoms with Gasteiger partial charge in [-0.05, 0) is 49.5 Å². The fraction of sp³-hybridized carbons (Fsp3) is 0.522. The third-order valence-electron chi connectivity index (χ3n) is 6.35. The van der Waals surface area contributed by atoms with E-state index in [0.29, 0.717) is 17.4 Å². The van der Waals surface area contributed by atoms with Crippen molar-refractivity contribution in [1.29, 1.82) is 0 Å². The normalized spacial score (nSPS) is 19.1. The van der Waals surface area contributed by atoms with Crippen LogP contribution in [0.3, 0.4) is 0 Å². The van der Waals surface area contributed by atoms with Crippen LogP contribution < -0.4 is 0 Å². The van der Waals surface area contributed by atoms with E-state index in [2.05, 4.69) is 18.8 Å². The van der Waals surface area contributed by atoms with Crippen LogP contribution in [0.25, 0.3) is 0 Å². The van der Waals surface area contributed by atoms with Crippen molar-refractivity contribution in [2.24, 2.45) is 5.41 Å². The van der Waals surface area contributed by atoms with Crippen molar-refractivity contribution >= 4 is 17.7 Å². The molecule has 1 aromatic heterocycles. The van der Waals surface area contributed by atoms with Gasteiger partial charge in [0.1, 0.15) is 5.15 Å². The Morgan fingerprint density at radius 2 is 2.00 bits per heavy atom. The lowest BCUT2D eigenvalue weighted by atomic mass is 9.76. The van der Waals surface area contributed by atoms with Crippen molar-refractivity contribution in [3.05, 3.63) is 58.1 Å². The Balaban J connectivity index is 1.74. The fourth-order valence-corrected chi connectivity index (χ4v) is 4.70. The SMILES string of the molecule is CC1(C)CCc2nc(C(Cc3ccccc3)N(C(=O)O)C3CCC3)nc(Cl)c2C1. The molecule has 2 aliphatic carbocycles. The summed E-state index contributed by atoms with van der Waals surface area (Å²) in [6, 6.07) is 9.56. The Labute approximate surface area is 177 Å². The number of hydrogen-bond donors (Lipinski definition) is 1. The Kier molecular flexibility index (Phi) is 5.52. The largest absolute Gasteiger partial charge is 0.465 e. The van der Waals surface area contributed by atoms with E-state index in [1.165, 1.54) is 0 Å². The Morgan fingerprint density at radius 1 is 1.28 bits per heavy atom. The van der Waals surface area contributed by atoms with E-state index in [9.17, 15) is 9.90 Å². The zero-order chi connectivity index (χ0) is 20.6. The van der Waals surface area contributed by atoms with Gasteiger partial charge in [-0.15, -0.1) is 0 Å². The van der Waals surface area contributed by atoms with Crippen molar-refractivity contribution in [1.82, 2.24) is 14.9 Å². The van der Waals surface area contributed by atoms with Crippen LogP contribution in [0.5, 0.6) is 0 Å². The molecule has 1 N–H and O–H groups in total. The molecule has 1 amide bonds. The molecule has 154 valence electrons. The molecule has 0 bridgehead atoms. The molecule has 1 fully saturated rings. The molecule has 1 atom stereocenters. The molecular weight excluding hydrogens is 386 g/mol. The van der Waals surface area contributed by atoms with Gasteiger partial charge in [-0.1, -0.05) is 55.8 Å². The number of fused-ring (bicyclic) bond motifs is 1. The Morgan fingerprint density at radius 3 is 2.62 bits per heavy atom. The van der Waals surface area contributed by atoms with Crippen LogP contribution in [0.4, 0.5) is 4.79 Å². The molecule has 0 radical (unpaired) electrons. The van der Waals surface area contributed by atoms with Crippen molar-refractivity contribution in [2.75, 3.05) is 0 Å². The van der Waals surface area contributed by atoms with Gasteiger partial charge in [-0.3, -0.25) is 4.90 Å². The topological polar surface area (TPSA) is 66.3 Å². The molecule has 1 saturated carbocycles. The molecule has 0 saturated heterocycles. The second-order valence-electron chi connectivity index (χ2n) is 9.12. The summed E-state index contributed by atoms with van der Waals surface area (Å²) in [5.74, 6) is 0.534. The fourth-order valence-electron chi connectivity index (χ4n) is 4.43. The van der Waals surface area contributed by atoms with E-state index >= 15 is 0 Å². The van der Waals surface area contributed by atoms with Gasteiger partial charge < -0.3 is 5.11 Å². The van der Waals surface area contributed by atoms with Gasteiger partial charge in [-0.2, -0.15) is 0 Å². The van der Waals surface area contributed by atoms with E-state index in [-0.39, 0.29) is 11.5 Å².